The van der Waals surface area contributed by atoms with Gasteiger partial charge in [0, 0.05) is 20.0 Å². The zero-order chi connectivity index (χ0) is 20.7. The minimum atomic E-state index is -3.76. The van der Waals surface area contributed by atoms with E-state index in [9.17, 15) is 13.2 Å². The molecule has 0 aliphatic carbocycles. The van der Waals surface area contributed by atoms with Gasteiger partial charge in [0.25, 0.3) is 0 Å². The minimum Gasteiger partial charge on any atom is -0.497 e. The number of ether oxygens (including phenoxy) is 1. The van der Waals surface area contributed by atoms with Crippen LogP contribution in [0.15, 0.2) is 59.5 Å². The van der Waals surface area contributed by atoms with E-state index < -0.39 is 16.1 Å². The topological polar surface area (TPSA) is 75.7 Å². The van der Waals surface area contributed by atoms with Crippen LogP contribution in [0.3, 0.4) is 0 Å². The first kappa shape index (κ1) is 21.9. The van der Waals surface area contributed by atoms with Crippen molar-refractivity contribution in [2.75, 3.05) is 20.7 Å². The highest BCUT2D eigenvalue weighted by Crippen LogP contribution is 2.30. The second kappa shape index (κ2) is 9.71. The fourth-order valence-corrected chi connectivity index (χ4v) is 4.14. The molecule has 2 rings (SSSR count). The van der Waals surface area contributed by atoms with E-state index in [0.717, 1.165) is 5.56 Å². The predicted octanol–water partition coefficient (Wildman–Crippen LogP) is 3.22. The third-order valence-electron chi connectivity index (χ3n) is 4.45. The summed E-state index contributed by atoms with van der Waals surface area (Å²) < 4.78 is 32.6. The molecule has 0 aromatic heterocycles. The molecule has 0 aliphatic rings. The number of carbonyl (C=O) groups is 1. The van der Waals surface area contributed by atoms with Crippen LogP contribution in [-0.2, 0) is 14.8 Å². The predicted molar refractivity (Wildman–Crippen MR) is 110 cm³/mol. The van der Waals surface area contributed by atoms with Crippen LogP contribution in [0, 0.1) is 5.92 Å². The van der Waals surface area contributed by atoms with Crippen LogP contribution in [0.1, 0.15) is 31.9 Å². The Morgan fingerprint density at radius 3 is 2.21 bits per heavy atom. The normalized spacial score (nSPS) is 12.8. The average Bonchev–Trinajstić information content (AvgIpc) is 2.70. The molecule has 152 valence electrons. The van der Waals surface area contributed by atoms with E-state index in [1.54, 1.807) is 61.7 Å². The molecule has 0 bridgehead atoms. The van der Waals surface area contributed by atoms with E-state index in [0.29, 0.717) is 18.2 Å². The molecule has 0 fully saturated rings. The van der Waals surface area contributed by atoms with Crippen molar-refractivity contribution in [1.29, 1.82) is 0 Å². The standard InChI is InChI=1S/C21H28N2O4S/c1-16(2)15-22-21(24)14-20(17-10-12-18(27-4)13-11-17)23(3)28(25,26)19-8-6-5-7-9-19/h5-13,16,20H,14-15H2,1-4H3,(H,22,24)/t20-/m0/s1. The second-order valence-corrected chi connectivity index (χ2v) is 9.02. The molecule has 0 aliphatic heterocycles. The Morgan fingerprint density at radius 1 is 1.07 bits per heavy atom. The smallest absolute Gasteiger partial charge is 0.243 e. The summed E-state index contributed by atoms with van der Waals surface area (Å²) >= 11 is 0. The molecule has 7 heteroatoms. The molecule has 1 amide bonds. The maximum atomic E-state index is 13.1. The van der Waals surface area contributed by atoms with Gasteiger partial charge in [-0.15, -0.1) is 0 Å². The lowest BCUT2D eigenvalue weighted by Crippen LogP contribution is -2.36. The van der Waals surface area contributed by atoms with Gasteiger partial charge in [-0.2, -0.15) is 4.31 Å². The van der Waals surface area contributed by atoms with Gasteiger partial charge >= 0.3 is 0 Å². The van der Waals surface area contributed by atoms with Crippen molar-refractivity contribution < 1.29 is 17.9 Å². The molecule has 1 N–H and O–H groups in total. The van der Waals surface area contributed by atoms with Gasteiger partial charge in [-0.25, -0.2) is 8.42 Å². The third kappa shape index (κ3) is 5.56. The largest absolute Gasteiger partial charge is 0.497 e. The monoisotopic (exact) mass is 404 g/mol. The van der Waals surface area contributed by atoms with E-state index in [2.05, 4.69) is 5.32 Å². The van der Waals surface area contributed by atoms with Gasteiger partial charge in [0.05, 0.1) is 18.0 Å². The Hall–Kier alpha value is -2.38. The van der Waals surface area contributed by atoms with Crippen LogP contribution >= 0.6 is 0 Å². The molecule has 0 saturated carbocycles. The van der Waals surface area contributed by atoms with Crippen LogP contribution in [0.4, 0.5) is 0 Å². The van der Waals surface area contributed by atoms with Crippen molar-refractivity contribution in [1.82, 2.24) is 9.62 Å². The summed E-state index contributed by atoms with van der Waals surface area (Å²) in [6.07, 6.45) is 0.0294. The number of hydrogen-bond acceptors (Lipinski definition) is 4. The lowest BCUT2D eigenvalue weighted by atomic mass is 10.0. The number of benzene rings is 2. The van der Waals surface area contributed by atoms with E-state index >= 15 is 0 Å². The lowest BCUT2D eigenvalue weighted by molar-refractivity contribution is -0.122. The van der Waals surface area contributed by atoms with Crippen LogP contribution in [0.2, 0.25) is 0 Å². The summed E-state index contributed by atoms with van der Waals surface area (Å²) in [6.45, 7) is 4.56. The maximum Gasteiger partial charge on any atom is 0.243 e. The molecule has 6 nitrogen and oxygen atoms in total. The van der Waals surface area contributed by atoms with Gasteiger partial charge in [-0.1, -0.05) is 44.2 Å². The highest BCUT2D eigenvalue weighted by Gasteiger charge is 2.30. The molecule has 0 saturated heterocycles. The molecular weight excluding hydrogens is 376 g/mol. The Labute approximate surface area is 167 Å². The van der Waals surface area contributed by atoms with Crippen molar-refractivity contribution in [2.45, 2.75) is 31.2 Å². The fraction of sp³-hybridized carbons (Fsp3) is 0.381. The lowest BCUT2D eigenvalue weighted by Gasteiger charge is -2.28. The molecule has 0 heterocycles. The number of amides is 1. The molecule has 0 unspecified atom stereocenters. The first-order valence-corrected chi connectivity index (χ1v) is 10.6. The van der Waals surface area contributed by atoms with E-state index in [1.165, 1.54) is 11.4 Å². The number of carbonyl (C=O) groups excluding carboxylic acids is 1. The van der Waals surface area contributed by atoms with Gasteiger partial charge in [0.15, 0.2) is 0 Å². The number of methoxy groups -OCH3 is 1. The van der Waals surface area contributed by atoms with Gasteiger partial charge in [0.1, 0.15) is 5.75 Å². The molecule has 28 heavy (non-hydrogen) atoms. The second-order valence-electron chi connectivity index (χ2n) is 7.03. The van der Waals surface area contributed by atoms with Crippen LogP contribution in [-0.4, -0.2) is 39.3 Å². The van der Waals surface area contributed by atoms with Crippen LogP contribution in [0.5, 0.6) is 5.75 Å². The van der Waals surface area contributed by atoms with Gasteiger partial charge in [-0.3, -0.25) is 4.79 Å². The highest BCUT2D eigenvalue weighted by atomic mass is 32.2. The van der Waals surface area contributed by atoms with Crippen molar-refractivity contribution in [3.05, 3.63) is 60.2 Å². The summed E-state index contributed by atoms with van der Waals surface area (Å²) in [4.78, 5) is 12.7. The number of rotatable bonds is 9. The van der Waals surface area contributed by atoms with E-state index in [1.807, 2.05) is 13.8 Å². The number of hydrogen-bond donors (Lipinski definition) is 1. The molecule has 0 radical (unpaired) electrons. The fourth-order valence-electron chi connectivity index (χ4n) is 2.77. The summed E-state index contributed by atoms with van der Waals surface area (Å²) in [5.41, 5.74) is 0.725. The Morgan fingerprint density at radius 2 is 1.68 bits per heavy atom. The van der Waals surface area contributed by atoms with Crippen molar-refractivity contribution in [3.63, 3.8) is 0 Å². The van der Waals surface area contributed by atoms with Crippen LogP contribution < -0.4 is 10.1 Å². The zero-order valence-electron chi connectivity index (χ0n) is 16.8. The molecule has 0 spiro atoms. The quantitative estimate of drug-likeness (QED) is 0.696. The maximum absolute atomic E-state index is 13.1. The number of sulfonamides is 1. The number of nitrogens with one attached hydrogen (secondary N) is 1. The third-order valence-corrected chi connectivity index (χ3v) is 6.33. The zero-order valence-corrected chi connectivity index (χ0v) is 17.6. The molecule has 2 aromatic rings. The van der Waals surface area contributed by atoms with Crippen molar-refractivity contribution >= 4 is 15.9 Å². The average molecular weight is 405 g/mol. The van der Waals surface area contributed by atoms with Crippen LogP contribution in [0.25, 0.3) is 0 Å². The summed E-state index contributed by atoms with van der Waals surface area (Å²) in [5, 5.41) is 2.87. The highest BCUT2D eigenvalue weighted by molar-refractivity contribution is 7.89. The van der Waals surface area contributed by atoms with Gasteiger partial charge in [-0.05, 0) is 35.7 Å². The van der Waals surface area contributed by atoms with E-state index in [4.69, 9.17) is 4.74 Å². The number of nitrogens with zero attached hydrogens (tertiary/aromatic N) is 1. The summed E-state index contributed by atoms with van der Waals surface area (Å²) in [6, 6.07) is 14.7. The van der Waals surface area contributed by atoms with Gasteiger partial charge in [0.2, 0.25) is 15.9 Å². The Balaban J connectivity index is 2.34. The summed E-state index contributed by atoms with van der Waals surface area (Å²) in [7, 11) is -0.683. The van der Waals surface area contributed by atoms with Crippen molar-refractivity contribution in [2.24, 2.45) is 5.92 Å². The summed E-state index contributed by atoms with van der Waals surface area (Å²) in [5.74, 6) is 0.791. The molecule has 1 atom stereocenters. The van der Waals surface area contributed by atoms with E-state index in [-0.39, 0.29) is 17.2 Å². The Kier molecular flexibility index (Phi) is 7.60. The minimum absolute atomic E-state index is 0.0294. The SMILES string of the molecule is COc1ccc([C@H](CC(=O)NCC(C)C)N(C)S(=O)(=O)c2ccccc2)cc1. The van der Waals surface area contributed by atoms with Gasteiger partial charge < -0.3 is 10.1 Å². The van der Waals surface area contributed by atoms with Crippen molar-refractivity contribution in [3.8, 4) is 5.75 Å². The molecule has 2 aromatic carbocycles. The molecular formula is C21H28N2O4S. The Bertz CT molecular complexity index is 865. The first-order chi connectivity index (χ1) is 13.3. The first-order valence-electron chi connectivity index (χ1n) is 9.19.